The Morgan fingerprint density at radius 1 is 0.969 bits per heavy atom. The monoisotopic (exact) mass is 492 g/mol. The maximum absolute atomic E-state index is 13.3. The number of hydrogen-bond acceptors (Lipinski definition) is 4. The largest absolute Gasteiger partial charge is 0.493 e. The van der Waals surface area contributed by atoms with Crippen molar-refractivity contribution < 1.29 is 9.47 Å². The van der Waals surface area contributed by atoms with Gasteiger partial charge in [-0.15, -0.1) is 0 Å². The van der Waals surface area contributed by atoms with Gasteiger partial charge in [-0.05, 0) is 61.7 Å². The zero-order valence-electron chi connectivity index (χ0n) is 18.2. The lowest BCUT2D eigenvalue weighted by atomic mass is 10.1. The molecule has 5 nitrogen and oxygen atoms in total. The number of nitrogens with zero attached hydrogens (tertiary/aromatic N) is 2. The van der Waals surface area contributed by atoms with E-state index in [0.29, 0.717) is 29.9 Å². The van der Waals surface area contributed by atoms with Crippen molar-refractivity contribution in [3.05, 3.63) is 87.1 Å². The highest BCUT2D eigenvalue weighted by Gasteiger charge is 2.13. The summed E-state index contributed by atoms with van der Waals surface area (Å²) in [6.45, 7) is 3.13. The predicted octanol–water partition coefficient (Wildman–Crippen LogP) is 6.00. The van der Waals surface area contributed by atoms with Gasteiger partial charge >= 0.3 is 0 Å². The summed E-state index contributed by atoms with van der Waals surface area (Å²) in [4.78, 5) is 18.1. The summed E-state index contributed by atoms with van der Waals surface area (Å²) in [6, 6.07) is 21.3. The minimum Gasteiger partial charge on any atom is -0.493 e. The van der Waals surface area contributed by atoms with E-state index in [1.54, 1.807) is 11.7 Å². The van der Waals surface area contributed by atoms with E-state index in [9.17, 15) is 4.79 Å². The molecular formula is C26H25BrN2O3. The van der Waals surface area contributed by atoms with Gasteiger partial charge in [-0.1, -0.05) is 46.3 Å². The SMILES string of the molecule is COc1cc(C)ccc1OCCCCn1c(-c2ccc(Br)cc2)nc2ccccc2c1=O. The number of ether oxygens (including phenoxy) is 2. The first kappa shape index (κ1) is 22.1. The number of halogens is 1. The van der Waals surface area contributed by atoms with Gasteiger partial charge in [0, 0.05) is 16.6 Å². The zero-order valence-corrected chi connectivity index (χ0v) is 19.8. The van der Waals surface area contributed by atoms with Crippen LogP contribution in [-0.2, 0) is 6.54 Å². The summed E-state index contributed by atoms with van der Waals surface area (Å²) in [5.41, 5.74) is 2.73. The lowest BCUT2D eigenvalue weighted by Crippen LogP contribution is -2.24. The Hall–Kier alpha value is -3.12. The average Bonchev–Trinajstić information content (AvgIpc) is 2.81. The molecule has 6 heteroatoms. The Balaban J connectivity index is 1.52. The van der Waals surface area contributed by atoms with E-state index in [1.165, 1.54) is 0 Å². The molecule has 0 fully saturated rings. The molecule has 0 amide bonds. The van der Waals surface area contributed by atoms with Gasteiger partial charge in [-0.2, -0.15) is 0 Å². The van der Waals surface area contributed by atoms with Crippen LogP contribution in [0.15, 0.2) is 76.0 Å². The minimum absolute atomic E-state index is 0.0189. The molecule has 0 saturated heterocycles. The van der Waals surface area contributed by atoms with Crippen molar-refractivity contribution in [1.29, 1.82) is 0 Å². The number of rotatable bonds is 8. The molecule has 0 atom stereocenters. The van der Waals surface area contributed by atoms with Crippen LogP contribution in [0, 0.1) is 6.92 Å². The first-order chi connectivity index (χ1) is 15.6. The second kappa shape index (κ2) is 10.0. The van der Waals surface area contributed by atoms with Crippen LogP contribution in [-0.4, -0.2) is 23.3 Å². The van der Waals surface area contributed by atoms with Crippen LogP contribution in [0.1, 0.15) is 18.4 Å². The van der Waals surface area contributed by atoms with Gasteiger partial charge in [0.1, 0.15) is 5.82 Å². The van der Waals surface area contributed by atoms with Crippen LogP contribution >= 0.6 is 15.9 Å². The molecule has 0 aliphatic heterocycles. The number of hydrogen-bond donors (Lipinski definition) is 0. The van der Waals surface area contributed by atoms with Crippen molar-refractivity contribution in [1.82, 2.24) is 9.55 Å². The first-order valence-corrected chi connectivity index (χ1v) is 11.4. The third-order valence-electron chi connectivity index (χ3n) is 5.32. The molecule has 0 aliphatic rings. The molecule has 0 N–H and O–H groups in total. The smallest absolute Gasteiger partial charge is 0.261 e. The zero-order chi connectivity index (χ0) is 22.5. The summed E-state index contributed by atoms with van der Waals surface area (Å²) in [6.07, 6.45) is 1.59. The number of aromatic nitrogens is 2. The van der Waals surface area contributed by atoms with Crippen molar-refractivity contribution in [3.63, 3.8) is 0 Å². The Kier molecular flexibility index (Phi) is 6.90. The highest BCUT2D eigenvalue weighted by atomic mass is 79.9. The normalized spacial score (nSPS) is 11.0. The van der Waals surface area contributed by atoms with Crippen LogP contribution < -0.4 is 15.0 Å². The highest BCUT2D eigenvalue weighted by Crippen LogP contribution is 2.28. The van der Waals surface area contributed by atoms with E-state index in [1.807, 2.05) is 73.7 Å². The Morgan fingerprint density at radius 3 is 2.53 bits per heavy atom. The summed E-state index contributed by atoms with van der Waals surface area (Å²) in [7, 11) is 1.64. The molecule has 1 aromatic heterocycles. The van der Waals surface area contributed by atoms with Gasteiger partial charge in [-0.25, -0.2) is 4.98 Å². The molecule has 0 saturated carbocycles. The summed E-state index contributed by atoms with van der Waals surface area (Å²) in [5, 5.41) is 0.633. The van der Waals surface area contributed by atoms with Gasteiger partial charge in [0.25, 0.3) is 5.56 Å². The lowest BCUT2D eigenvalue weighted by molar-refractivity contribution is 0.283. The van der Waals surface area contributed by atoms with E-state index in [-0.39, 0.29) is 5.56 Å². The number of methoxy groups -OCH3 is 1. The van der Waals surface area contributed by atoms with Crippen LogP contribution in [0.3, 0.4) is 0 Å². The van der Waals surface area contributed by atoms with Crippen molar-refractivity contribution in [2.75, 3.05) is 13.7 Å². The molecule has 32 heavy (non-hydrogen) atoms. The van der Waals surface area contributed by atoms with Gasteiger partial charge < -0.3 is 9.47 Å². The van der Waals surface area contributed by atoms with Gasteiger partial charge in [0.05, 0.1) is 24.6 Å². The number of benzene rings is 3. The van der Waals surface area contributed by atoms with E-state index in [0.717, 1.165) is 39.9 Å². The third kappa shape index (κ3) is 4.86. The van der Waals surface area contributed by atoms with Crippen LogP contribution in [0.4, 0.5) is 0 Å². The second-order valence-electron chi connectivity index (χ2n) is 7.63. The molecule has 0 spiro atoms. The lowest BCUT2D eigenvalue weighted by Gasteiger charge is -2.14. The number of fused-ring (bicyclic) bond motifs is 1. The molecule has 0 aliphatic carbocycles. The van der Waals surface area contributed by atoms with Gasteiger partial charge in [-0.3, -0.25) is 9.36 Å². The van der Waals surface area contributed by atoms with E-state index < -0.39 is 0 Å². The molecule has 3 aromatic carbocycles. The fraction of sp³-hybridized carbons (Fsp3) is 0.231. The number of aryl methyl sites for hydroxylation is 1. The molecule has 0 radical (unpaired) electrons. The van der Waals surface area contributed by atoms with Crippen molar-refractivity contribution in [2.45, 2.75) is 26.3 Å². The van der Waals surface area contributed by atoms with E-state index in [2.05, 4.69) is 15.9 Å². The third-order valence-corrected chi connectivity index (χ3v) is 5.85. The highest BCUT2D eigenvalue weighted by molar-refractivity contribution is 9.10. The Bertz CT molecular complexity index is 1280. The summed E-state index contributed by atoms with van der Waals surface area (Å²) in [5.74, 6) is 2.15. The minimum atomic E-state index is -0.0189. The van der Waals surface area contributed by atoms with Crippen molar-refractivity contribution in [3.8, 4) is 22.9 Å². The van der Waals surface area contributed by atoms with Crippen LogP contribution in [0.5, 0.6) is 11.5 Å². The number of para-hydroxylation sites is 1. The fourth-order valence-corrected chi connectivity index (χ4v) is 3.91. The molecule has 164 valence electrons. The standard InChI is InChI=1S/C26H25BrN2O3/c1-18-9-14-23(24(17-18)31-2)32-16-6-5-15-29-25(19-10-12-20(27)13-11-19)28-22-8-4-3-7-21(22)26(29)30/h3-4,7-14,17H,5-6,15-16H2,1-2H3. The molecule has 4 rings (SSSR count). The quantitative estimate of drug-likeness (QED) is 0.283. The van der Waals surface area contributed by atoms with Gasteiger partial charge in [0.2, 0.25) is 0 Å². The molecule has 0 bridgehead atoms. The molecule has 1 heterocycles. The Labute approximate surface area is 195 Å². The predicted molar refractivity (Wildman–Crippen MR) is 132 cm³/mol. The second-order valence-corrected chi connectivity index (χ2v) is 8.54. The van der Waals surface area contributed by atoms with E-state index >= 15 is 0 Å². The maximum Gasteiger partial charge on any atom is 0.261 e. The van der Waals surface area contributed by atoms with Crippen LogP contribution in [0.25, 0.3) is 22.3 Å². The number of unbranched alkanes of at least 4 members (excludes halogenated alkanes) is 1. The van der Waals surface area contributed by atoms with Crippen molar-refractivity contribution >= 4 is 26.8 Å². The maximum atomic E-state index is 13.3. The van der Waals surface area contributed by atoms with Crippen LogP contribution in [0.2, 0.25) is 0 Å². The summed E-state index contributed by atoms with van der Waals surface area (Å²) >= 11 is 3.47. The van der Waals surface area contributed by atoms with Crippen molar-refractivity contribution in [2.24, 2.45) is 0 Å². The average molecular weight is 493 g/mol. The topological polar surface area (TPSA) is 53.4 Å². The van der Waals surface area contributed by atoms with E-state index in [4.69, 9.17) is 14.5 Å². The summed E-state index contributed by atoms with van der Waals surface area (Å²) < 4.78 is 14.1. The van der Waals surface area contributed by atoms with Gasteiger partial charge in [0.15, 0.2) is 11.5 Å². The first-order valence-electron chi connectivity index (χ1n) is 10.6. The Morgan fingerprint density at radius 2 is 1.75 bits per heavy atom. The molecule has 4 aromatic rings. The molecule has 0 unspecified atom stereocenters. The fourth-order valence-electron chi connectivity index (χ4n) is 3.64. The molecular weight excluding hydrogens is 468 g/mol.